The highest BCUT2D eigenvalue weighted by atomic mass is 16.3. The first kappa shape index (κ1) is 14.0. The van der Waals surface area contributed by atoms with Crippen molar-refractivity contribution in [2.24, 2.45) is 0 Å². The van der Waals surface area contributed by atoms with Gasteiger partial charge in [-0.2, -0.15) is 0 Å². The maximum Gasteiger partial charge on any atom is 0.236 e. The molecule has 1 fully saturated rings. The summed E-state index contributed by atoms with van der Waals surface area (Å²) in [5, 5.41) is 9.44. The predicted molar refractivity (Wildman–Crippen MR) is 74.6 cm³/mol. The van der Waals surface area contributed by atoms with Gasteiger partial charge in [0.15, 0.2) is 0 Å². The average molecular weight is 262 g/mol. The number of carbonyl (C=O) groups excluding carboxylic acids is 1. The van der Waals surface area contributed by atoms with E-state index in [2.05, 4.69) is 4.90 Å². The molecule has 1 saturated heterocycles. The molecule has 0 spiro atoms. The molecule has 1 heterocycles. The van der Waals surface area contributed by atoms with E-state index in [9.17, 15) is 9.90 Å². The highest BCUT2D eigenvalue weighted by molar-refractivity contribution is 5.78. The second-order valence-electron chi connectivity index (χ2n) is 5.24. The van der Waals surface area contributed by atoms with Crippen molar-refractivity contribution >= 4 is 5.91 Å². The van der Waals surface area contributed by atoms with Crippen LogP contribution in [-0.2, 0) is 11.3 Å². The molecular weight excluding hydrogens is 240 g/mol. The van der Waals surface area contributed by atoms with E-state index < -0.39 is 0 Å². The number of likely N-dealkylation sites (tertiary alicyclic amines) is 1. The van der Waals surface area contributed by atoms with Crippen LogP contribution in [0.1, 0.15) is 18.4 Å². The largest absolute Gasteiger partial charge is 0.393 e. The van der Waals surface area contributed by atoms with Crippen molar-refractivity contribution < 1.29 is 9.90 Å². The van der Waals surface area contributed by atoms with Gasteiger partial charge in [0, 0.05) is 26.7 Å². The quantitative estimate of drug-likeness (QED) is 0.884. The molecule has 1 aliphatic rings. The summed E-state index contributed by atoms with van der Waals surface area (Å²) in [6.07, 6.45) is 1.36. The lowest BCUT2D eigenvalue weighted by Gasteiger charge is -2.30. The first-order chi connectivity index (χ1) is 9.15. The van der Waals surface area contributed by atoms with E-state index in [1.165, 1.54) is 0 Å². The SMILES string of the molecule is CN(Cc1ccccc1)C(=O)CN1CCC(O)CC1. The van der Waals surface area contributed by atoms with Gasteiger partial charge in [-0.3, -0.25) is 9.69 Å². The number of aliphatic hydroxyl groups excluding tert-OH is 1. The number of amides is 1. The van der Waals surface area contributed by atoms with Crippen LogP contribution in [0.3, 0.4) is 0 Å². The van der Waals surface area contributed by atoms with Crippen molar-refractivity contribution in [3.05, 3.63) is 35.9 Å². The summed E-state index contributed by atoms with van der Waals surface area (Å²) in [5.41, 5.74) is 1.15. The minimum atomic E-state index is -0.187. The van der Waals surface area contributed by atoms with Gasteiger partial charge in [0.05, 0.1) is 12.6 Å². The van der Waals surface area contributed by atoms with Crippen LogP contribution in [0.15, 0.2) is 30.3 Å². The predicted octanol–water partition coefficient (Wildman–Crippen LogP) is 1.10. The van der Waals surface area contributed by atoms with Crippen LogP contribution >= 0.6 is 0 Å². The van der Waals surface area contributed by atoms with Crippen molar-refractivity contribution in [1.82, 2.24) is 9.80 Å². The molecule has 0 unspecified atom stereocenters. The Morgan fingerprint density at radius 3 is 2.58 bits per heavy atom. The van der Waals surface area contributed by atoms with Crippen molar-refractivity contribution in [2.45, 2.75) is 25.5 Å². The number of rotatable bonds is 4. The molecule has 19 heavy (non-hydrogen) atoms. The molecule has 0 bridgehead atoms. The molecule has 0 atom stereocenters. The van der Waals surface area contributed by atoms with E-state index in [4.69, 9.17) is 0 Å². The normalized spacial score (nSPS) is 17.4. The van der Waals surface area contributed by atoms with Gasteiger partial charge in [-0.25, -0.2) is 0 Å². The topological polar surface area (TPSA) is 43.8 Å². The lowest BCUT2D eigenvalue weighted by molar-refractivity contribution is -0.132. The number of carbonyl (C=O) groups is 1. The van der Waals surface area contributed by atoms with E-state index in [1.807, 2.05) is 37.4 Å². The minimum Gasteiger partial charge on any atom is -0.393 e. The van der Waals surface area contributed by atoms with Crippen molar-refractivity contribution in [1.29, 1.82) is 0 Å². The fraction of sp³-hybridized carbons (Fsp3) is 0.533. The lowest BCUT2D eigenvalue weighted by atomic mass is 10.1. The minimum absolute atomic E-state index is 0.139. The number of piperidine rings is 1. The zero-order valence-corrected chi connectivity index (χ0v) is 11.5. The first-order valence-corrected chi connectivity index (χ1v) is 6.83. The van der Waals surface area contributed by atoms with Crippen LogP contribution in [-0.4, -0.2) is 53.6 Å². The maximum absolute atomic E-state index is 12.1. The molecule has 104 valence electrons. The van der Waals surface area contributed by atoms with Crippen LogP contribution in [0.25, 0.3) is 0 Å². The molecule has 0 aromatic heterocycles. The van der Waals surface area contributed by atoms with Crippen LogP contribution < -0.4 is 0 Å². The van der Waals surface area contributed by atoms with Gasteiger partial charge < -0.3 is 10.0 Å². The van der Waals surface area contributed by atoms with E-state index in [1.54, 1.807) is 4.90 Å². The number of hydrogen-bond acceptors (Lipinski definition) is 3. The van der Waals surface area contributed by atoms with Crippen molar-refractivity contribution in [3.63, 3.8) is 0 Å². The zero-order chi connectivity index (χ0) is 13.7. The Morgan fingerprint density at radius 2 is 1.95 bits per heavy atom. The number of nitrogens with zero attached hydrogens (tertiary/aromatic N) is 2. The van der Waals surface area contributed by atoms with Crippen LogP contribution in [0.5, 0.6) is 0 Å². The monoisotopic (exact) mass is 262 g/mol. The summed E-state index contributed by atoms with van der Waals surface area (Å²) in [7, 11) is 1.84. The summed E-state index contributed by atoms with van der Waals surface area (Å²) >= 11 is 0. The molecular formula is C15H22N2O2. The third-order valence-electron chi connectivity index (χ3n) is 3.60. The van der Waals surface area contributed by atoms with Crippen molar-refractivity contribution in [3.8, 4) is 0 Å². The van der Waals surface area contributed by atoms with Gasteiger partial charge in [-0.15, -0.1) is 0 Å². The first-order valence-electron chi connectivity index (χ1n) is 6.83. The van der Waals surface area contributed by atoms with Crippen LogP contribution in [0.4, 0.5) is 0 Å². The second-order valence-corrected chi connectivity index (χ2v) is 5.24. The molecule has 4 heteroatoms. The van der Waals surface area contributed by atoms with E-state index >= 15 is 0 Å². The molecule has 2 rings (SSSR count). The highest BCUT2D eigenvalue weighted by Gasteiger charge is 2.20. The van der Waals surface area contributed by atoms with Gasteiger partial charge in [0.25, 0.3) is 0 Å². The molecule has 0 radical (unpaired) electrons. The Hall–Kier alpha value is -1.39. The molecule has 1 N–H and O–H groups in total. The molecule has 1 aromatic rings. The Bertz CT molecular complexity index is 400. The van der Waals surface area contributed by atoms with E-state index in [0.717, 1.165) is 31.5 Å². The molecule has 1 aliphatic heterocycles. The molecule has 0 aliphatic carbocycles. The fourth-order valence-corrected chi connectivity index (χ4v) is 2.33. The number of hydrogen-bond donors (Lipinski definition) is 1. The molecule has 1 amide bonds. The van der Waals surface area contributed by atoms with E-state index in [-0.39, 0.29) is 12.0 Å². The van der Waals surface area contributed by atoms with Crippen LogP contribution in [0, 0.1) is 0 Å². The smallest absolute Gasteiger partial charge is 0.236 e. The third kappa shape index (κ3) is 4.33. The average Bonchev–Trinajstić information content (AvgIpc) is 2.42. The Kier molecular flexibility index (Phi) is 4.93. The summed E-state index contributed by atoms with van der Waals surface area (Å²) in [4.78, 5) is 16.0. The summed E-state index contributed by atoms with van der Waals surface area (Å²) in [6, 6.07) is 10.0. The summed E-state index contributed by atoms with van der Waals surface area (Å²) in [5.74, 6) is 0.139. The standard InChI is InChI=1S/C15H22N2O2/c1-16(11-13-5-3-2-4-6-13)15(19)12-17-9-7-14(18)8-10-17/h2-6,14,18H,7-12H2,1H3. The van der Waals surface area contributed by atoms with Gasteiger partial charge in [-0.05, 0) is 18.4 Å². The van der Waals surface area contributed by atoms with Crippen molar-refractivity contribution in [2.75, 3.05) is 26.7 Å². The van der Waals surface area contributed by atoms with E-state index in [0.29, 0.717) is 13.1 Å². The van der Waals surface area contributed by atoms with Crippen LogP contribution in [0.2, 0.25) is 0 Å². The lowest BCUT2D eigenvalue weighted by Crippen LogP contribution is -2.43. The number of likely N-dealkylation sites (N-methyl/N-ethyl adjacent to an activating group) is 1. The zero-order valence-electron chi connectivity index (χ0n) is 11.5. The number of benzene rings is 1. The molecule has 4 nitrogen and oxygen atoms in total. The van der Waals surface area contributed by atoms with Gasteiger partial charge in [0.2, 0.25) is 5.91 Å². The second kappa shape index (κ2) is 6.68. The van der Waals surface area contributed by atoms with Gasteiger partial charge in [-0.1, -0.05) is 30.3 Å². The Morgan fingerprint density at radius 1 is 1.32 bits per heavy atom. The fourth-order valence-electron chi connectivity index (χ4n) is 2.33. The van der Waals surface area contributed by atoms with Gasteiger partial charge in [0.1, 0.15) is 0 Å². The number of aliphatic hydroxyl groups is 1. The Balaban J connectivity index is 1.79. The molecule has 0 saturated carbocycles. The molecule has 1 aromatic carbocycles. The third-order valence-corrected chi connectivity index (χ3v) is 3.60. The highest BCUT2D eigenvalue weighted by Crippen LogP contribution is 2.10. The Labute approximate surface area is 114 Å². The van der Waals surface area contributed by atoms with Gasteiger partial charge >= 0.3 is 0 Å². The summed E-state index contributed by atoms with van der Waals surface area (Å²) in [6.45, 7) is 2.73. The summed E-state index contributed by atoms with van der Waals surface area (Å²) < 4.78 is 0. The maximum atomic E-state index is 12.1.